The summed E-state index contributed by atoms with van der Waals surface area (Å²) in [5, 5.41) is 5.81. The Hall–Kier alpha value is -3.59. The minimum Gasteiger partial charge on any atom is -0.444 e. The van der Waals surface area contributed by atoms with Crippen LogP contribution >= 0.6 is 0 Å². The van der Waals surface area contributed by atoms with Gasteiger partial charge in [-0.2, -0.15) is 0 Å². The van der Waals surface area contributed by atoms with E-state index in [0.717, 1.165) is 12.0 Å². The zero-order chi connectivity index (χ0) is 41.3. The van der Waals surface area contributed by atoms with E-state index in [4.69, 9.17) is 24.7 Å². The van der Waals surface area contributed by atoms with Gasteiger partial charge in [0.1, 0.15) is 17.7 Å². The number of likely N-dealkylation sites (N-methyl/N-ethyl adjacent to an activating group) is 1. The number of likely N-dealkylation sites (tertiary alicyclic amines) is 1. The van der Waals surface area contributed by atoms with Crippen LogP contribution in [0.3, 0.4) is 0 Å². The smallest absolute Gasteiger partial charge is 0.408 e. The molecule has 1 unspecified atom stereocenters. The highest BCUT2D eigenvalue weighted by Gasteiger charge is 2.64. The lowest BCUT2D eigenvalue weighted by Crippen LogP contribution is -2.81. The number of hydrogen-bond acceptors (Lipinski definition) is 9. The van der Waals surface area contributed by atoms with Gasteiger partial charge in [0.2, 0.25) is 17.4 Å². The van der Waals surface area contributed by atoms with Gasteiger partial charge in [-0.1, -0.05) is 65.0 Å². The predicted octanol–water partition coefficient (Wildman–Crippen LogP) is 3.58. The molecule has 0 aliphatic carbocycles. The Morgan fingerprint density at radius 1 is 1.04 bits per heavy atom. The highest BCUT2D eigenvalue weighted by molar-refractivity contribution is 5.90. The number of quaternary nitrogens is 1. The molecule has 14 heteroatoms. The van der Waals surface area contributed by atoms with Gasteiger partial charge in [0.25, 0.3) is 5.91 Å². The molecule has 2 aliphatic heterocycles. The third kappa shape index (κ3) is 10.8. The first-order chi connectivity index (χ1) is 25.8. The average Bonchev–Trinajstić information content (AvgIpc) is 3.58. The second kappa shape index (κ2) is 19.5. The second-order valence-corrected chi connectivity index (χ2v) is 16.9. The number of methoxy groups -OCH3 is 2. The predicted molar refractivity (Wildman–Crippen MR) is 208 cm³/mol. The van der Waals surface area contributed by atoms with Gasteiger partial charge in [-0.3, -0.25) is 19.7 Å². The van der Waals surface area contributed by atoms with Gasteiger partial charge in [0, 0.05) is 39.1 Å². The van der Waals surface area contributed by atoms with Crippen LogP contribution in [0.15, 0.2) is 30.3 Å². The number of nitrogens with one attached hydrogen (secondary N) is 2. The van der Waals surface area contributed by atoms with E-state index in [1.807, 2.05) is 65.0 Å². The Kier molecular flexibility index (Phi) is 16.3. The van der Waals surface area contributed by atoms with Crippen molar-refractivity contribution in [2.75, 3.05) is 47.6 Å². The van der Waals surface area contributed by atoms with E-state index in [0.29, 0.717) is 32.4 Å². The van der Waals surface area contributed by atoms with E-state index in [1.165, 1.54) is 7.11 Å². The van der Waals surface area contributed by atoms with Crippen molar-refractivity contribution in [3.05, 3.63) is 35.9 Å². The number of rotatable bonds is 19. The van der Waals surface area contributed by atoms with Crippen LogP contribution in [-0.2, 0) is 44.5 Å². The van der Waals surface area contributed by atoms with Crippen molar-refractivity contribution < 1.29 is 47.4 Å². The summed E-state index contributed by atoms with van der Waals surface area (Å²) >= 11 is 0. The molecule has 310 valence electrons. The molecule has 14 nitrogen and oxygen atoms in total. The number of nitrogens with two attached hydrogens (primary N) is 1. The fourth-order valence-electron chi connectivity index (χ4n) is 8.71. The molecule has 4 N–H and O–H groups in total. The number of carbonyl (C=O) groups excluding carboxylic acids is 5. The van der Waals surface area contributed by atoms with Gasteiger partial charge in [0.05, 0.1) is 44.7 Å². The van der Waals surface area contributed by atoms with Crippen LogP contribution in [0.4, 0.5) is 4.79 Å². The van der Waals surface area contributed by atoms with Crippen LogP contribution in [0.25, 0.3) is 0 Å². The number of alkyl carbamates (subject to hydrolysis) is 1. The summed E-state index contributed by atoms with van der Waals surface area (Å²) in [4.78, 5) is 71.4. The molecule has 55 heavy (non-hydrogen) atoms. The molecule has 8 atom stereocenters. The summed E-state index contributed by atoms with van der Waals surface area (Å²) in [6.45, 7) is 15.3. The minimum atomic E-state index is -1.52. The van der Waals surface area contributed by atoms with Gasteiger partial charge in [-0.05, 0) is 52.0 Å². The topological polar surface area (TPSA) is 176 Å². The first-order valence-corrected chi connectivity index (χ1v) is 19.7. The zero-order valence-electron chi connectivity index (χ0n) is 35.0. The Morgan fingerprint density at radius 3 is 2.16 bits per heavy atom. The van der Waals surface area contributed by atoms with Crippen molar-refractivity contribution in [1.29, 1.82) is 0 Å². The quantitative estimate of drug-likeness (QED) is 0.178. The first-order valence-electron chi connectivity index (χ1n) is 19.7. The van der Waals surface area contributed by atoms with E-state index in [2.05, 4.69) is 10.6 Å². The molecule has 0 saturated carbocycles. The highest BCUT2D eigenvalue weighted by atomic mass is 16.6. The van der Waals surface area contributed by atoms with E-state index in [1.54, 1.807) is 39.8 Å². The molecule has 3 rings (SSSR count). The van der Waals surface area contributed by atoms with Crippen LogP contribution in [0.1, 0.15) is 86.6 Å². The monoisotopic (exact) mass is 775 g/mol. The maximum atomic E-state index is 15.2. The standard InChI is InChI=1S/C41H67N5O9/c1-12-27(4)34(46(9,33(26(2)3)36(42)48)38(50)41(24-54-25-41)44-39(51)55-40(6,7)8)31(52-10)23-32(47)45-22-16-19-30(45)35(53-11)28(5)37(49)43-21-20-29-17-14-13-15-18-29/h13-15,17-18,26-28,30-31,33-35H,12,16,19-25H2,1-11H3,(H3-,42,43,44,48,49,51)/p+1/t27-,28+,30-,31+,33-,34-,35+,46?/m0/s1. The molecule has 2 fully saturated rings. The average molecular weight is 775 g/mol. The molecule has 1 aromatic rings. The molecular formula is C41H68N5O9+. The normalized spacial score (nSPS) is 21.2. The van der Waals surface area contributed by atoms with Crippen molar-refractivity contribution in [2.45, 2.75) is 129 Å². The maximum Gasteiger partial charge on any atom is 0.408 e. The molecule has 5 amide bonds. The van der Waals surface area contributed by atoms with Gasteiger partial charge in [-0.15, -0.1) is 0 Å². The number of ether oxygens (including phenoxy) is 4. The number of hydrogen-bond donors (Lipinski definition) is 3. The number of carbonyl (C=O) groups is 5. The van der Waals surface area contributed by atoms with Crippen molar-refractivity contribution >= 4 is 29.7 Å². The number of amides is 5. The minimum absolute atomic E-state index is 0.107. The Balaban J connectivity index is 1.95. The van der Waals surface area contributed by atoms with Crippen LogP contribution in [-0.4, -0.2) is 128 Å². The molecular weight excluding hydrogens is 706 g/mol. The van der Waals surface area contributed by atoms with Crippen molar-refractivity contribution in [1.82, 2.24) is 15.5 Å². The summed E-state index contributed by atoms with van der Waals surface area (Å²) < 4.78 is 22.7. The van der Waals surface area contributed by atoms with Crippen LogP contribution in [0.5, 0.6) is 0 Å². The maximum absolute atomic E-state index is 15.2. The lowest BCUT2D eigenvalue weighted by molar-refractivity contribution is -0.890. The molecule has 2 heterocycles. The van der Waals surface area contributed by atoms with E-state index in [-0.39, 0.29) is 43.4 Å². The third-order valence-electron chi connectivity index (χ3n) is 11.4. The van der Waals surface area contributed by atoms with Crippen LogP contribution in [0.2, 0.25) is 0 Å². The summed E-state index contributed by atoms with van der Waals surface area (Å²) in [6.07, 6.45) is 0.353. The lowest BCUT2D eigenvalue weighted by Gasteiger charge is -2.53. The highest BCUT2D eigenvalue weighted by Crippen LogP contribution is 2.38. The fourth-order valence-corrected chi connectivity index (χ4v) is 8.71. The summed E-state index contributed by atoms with van der Waals surface area (Å²) in [5.74, 6) is -2.73. The Labute approximate surface area is 328 Å². The van der Waals surface area contributed by atoms with Gasteiger partial charge >= 0.3 is 12.0 Å². The fraction of sp³-hybridized carbons (Fsp3) is 0.732. The molecule has 2 saturated heterocycles. The molecule has 1 aromatic carbocycles. The molecule has 2 aliphatic rings. The number of benzene rings is 1. The Morgan fingerprint density at radius 2 is 1.67 bits per heavy atom. The SMILES string of the molecule is CC[C@H](C)[C@@H]([C@@H](CC(=O)N1CCC[C@H]1[C@H](OC)[C@@H](C)C(=O)NCCc1ccccc1)OC)[N+](C)(C(=O)C1(NC(=O)OC(C)(C)C)COC1)[C@H](C(N)=O)C(C)C. The lowest BCUT2D eigenvalue weighted by atomic mass is 9.81. The van der Waals surface area contributed by atoms with Crippen molar-refractivity contribution in [3.63, 3.8) is 0 Å². The molecule has 0 radical (unpaired) electrons. The third-order valence-corrected chi connectivity index (χ3v) is 11.4. The first kappa shape index (κ1) is 45.8. The van der Waals surface area contributed by atoms with E-state index < -0.39 is 69.7 Å². The van der Waals surface area contributed by atoms with E-state index in [9.17, 15) is 19.2 Å². The molecule has 0 aromatic heterocycles. The second-order valence-electron chi connectivity index (χ2n) is 16.9. The van der Waals surface area contributed by atoms with Gasteiger partial charge in [0.15, 0.2) is 6.04 Å². The number of nitrogens with zero attached hydrogens (tertiary/aromatic N) is 2. The summed E-state index contributed by atoms with van der Waals surface area (Å²) in [5.41, 5.74) is 4.91. The zero-order valence-corrected chi connectivity index (χ0v) is 35.0. The van der Waals surface area contributed by atoms with Gasteiger partial charge < -0.3 is 34.9 Å². The summed E-state index contributed by atoms with van der Waals surface area (Å²) in [6, 6.07) is 7.76. The van der Waals surface area contributed by atoms with Crippen molar-refractivity contribution in [2.24, 2.45) is 23.5 Å². The largest absolute Gasteiger partial charge is 0.444 e. The molecule has 0 spiro atoms. The van der Waals surface area contributed by atoms with Crippen LogP contribution < -0.4 is 16.4 Å². The van der Waals surface area contributed by atoms with Crippen molar-refractivity contribution in [3.8, 4) is 0 Å². The molecule has 0 bridgehead atoms. The van der Waals surface area contributed by atoms with Crippen LogP contribution in [0, 0.1) is 17.8 Å². The Bertz CT molecular complexity index is 1460. The number of primary amides is 1. The summed E-state index contributed by atoms with van der Waals surface area (Å²) in [7, 11) is 4.73. The van der Waals surface area contributed by atoms with Gasteiger partial charge in [-0.25, -0.2) is 14.1 Å². The van der Waals surface area contributed by atoms with E-state index >= 15 is 4.79 Å².